The summed E-state index contributed by atoms with van der Waals surface area (Å²) in [4.78, 5) is 42.9. The molecule has 2 heterocycles. The van der Waals surface area contributed by atoms with Crippen molar-refractivity contribution in [1.82, 2.24) is 0 Å². The number of carbonyl (C=O) groups excluding carboxylic acids is 3. The number of nitrogens with zero attached hydrogens (tertiary/aromatic N) is 1. The molecule has 0 fully saturated rings. The number of Topliss-reactive ketones (excluding diaryl/α,β-unsaturated/α-hetero) is 1. The maximum absolute atomic E-state index is 13.9. The van der Waals surface area contributed by atoms with Crippen molar-refractivity contribution in [3.05, 3.63) is 81.8 Å². The highest BCUT2D eigenvalue weighted by atomic mass is 16.5. The van der Waals surface area contributed by atoms with Crippen molar-refractivity contribution in [3.63, 3.8) is 0 Å². The Morgan fingerprint density at radius 1 is 1.15 bits per heavy atom. The molecule has 3 aliphatic rings. The Labute approximate surface area is 198 Å². The number of ketones is 1. The number of fused-ring (bicyclic) bond motifs is 3. The highest BCUT2D eigenvalue weighted by molar-refractivity contribution is 6.23. The van der Waals surface area contributed by atoms with Crippen LogP contribution in [0.15, 0.2) is 65.1 Å². The zero-order valence-electron chi connectivity index (χ0n) is 19.5. The van der Waals surface area contributed by atoms with Gasteiger partial charge in [-0.1, -0.05) is 35.9 Å². The van der Waals surface area contributed by atoms with Gasteiger partial charge in [-0.2, -0.15) is 0 Å². The summed E-state index contributed by atoms with van der Waals surface area (Å²) in [7, 11) is 0. The smallest absolute Gasteiger partial charge is 0.339 e. The fourth-order valence-electron chi connectivity index (χ4n) is 5.51. The molecule has 0 saturated heterocycles. The van der Waals surface area contributed by atoms with Crippen molar-refractivity contribution in [2.45, 2.75) is 45.4 Å². The minimum atomic E-state index is -1.65. The standard InChI is InChI=1S/C27H27N3O4/c1-4-34-25(32)23-24(28)30(19-9-6-5-8-16(19)3)20-10-7-11-21(31)22(20)27(23)17-14-15(2)12-13-18(17)29-26(27)33/h5-6,8-9,12-14H,4,7,10-11,28H2,1-3H3,(H,29,33). The van der Waals surface area contributed by atoms with Gasteiger partial charge in [0.1, 0.15) is 16.8 Å². The van der Waals surface area contributed by atoms with Gasteiger partial charge in [0.05, 0.1) is 12.3 Å². The van der Waals surface area contributed by atoms with Gasteiger partial charge in [-0.05, 0) is 51.3 Å². The third kappa shape index (κ3) is 2.86. The summed E-state index contributed by atoms with van der Waals surface area (Å²) in [6.07, 6.45) is 1.50. The van der Waals surface area contributed by atoms with Crippen LogP contribution in [0.4, 0.5) is 11.4 Å². The Morgan fingerprint density at radius 3 is 2.65 bits per heavy atom. The number of hydrogen-bond donors (Lipinski definition) is 2. The molecule has 0 radical (unpaired) electrons. The molecular formula is C27H27N3O4. The molecule has 1 spiro atoms. The van der Waals surface area contributed by atoms with E-state index >= 15 is 0 Å². The van der Waals surface area contributed by atoms with Gasteiger partial charge < -0.3 is 15.8 Å². The molecule has 2 aliphatic heterocycles. The average Bonchev–Trinajstić information content (AvgIpc) is 3.07. The Balaban J connectivity index is 1.92. The van der Waals surface area contributed by atoms with Crippen LogP contribution < -0.4 is 16.0 Å². The van der Waals surface area contributed by atoms with E-state index in [-0.39, 0.29) is 23.8 Å². The van der Waals surface area contributed by atoms with Crippen LogP contribution in [0.2, 0.25) is 0 Å². The molecule has 3 N–H and O–H groups in total. The fourth-order valence-corrected chi connectivity index (χ4v) is 5.51. The monoisotopic (exact) mass is 457 g/mol. The molecule has 0 saturated carbocycles. The lowest BCUT2D eigenvalue weighted by Gasteiger charge is -2.44. The van der Waals surface area contributed by atoms with Gasteiger partial charge in [0.25, 0.3) is 0 Å². The molecule has 34 heavy (non-hydrogen) atoms. The molecule has 5 rings (SSSR count). The summed E-state index contributed by atoms with van der Waals surface area (Å²) in [5.41, 5.74) is 9.87. The van der Waals surface area contributed by atoms with E-state index < -0.39 is 17.3 Å². The third-order valence-corrected chi connectivity index (χ3v) is 6.91. The van der Waals surface area contributed by atoms with Gasteiger partial charge in [0, 0.05) is 28.9 Å². The summed E-state index contributed by atoms with van der Waals surface area (Å²) in [5.74, 6) is -1.19. The first-order valence-corrected chi connectivity index (χ1v) is 11.5. The number of rotatable bonds is 3. The maximum atomic E-state index is 13.9. The number of nitrogens with two attached hydrogens (primary N) is 1. The van der Waals surface area contributed by atoms with Crippen molar-refractivity contribution in [1.29, 1.82) is 0 Å². The first-order valence-electron chi connectivity index (χ1n) is 11.5. The van der Waals surface area contributed by atoms with E-state index in [4.69, 9.17) is 10.5 Å². The van der Waals surface area contributed by atoms with Gasteiger partial charge in [0.2, 0.25) is 5.91 Å². The number of aryl methyl sites for hydroxylation is 2. The summed E-state index contributed by atoms with van der Waals surface area (Å²) in [5, 5.41) is 2.91. The Kier molecular flexibility index (Phi) is 5.08. The van der Waals surface area contributed by atoms with E-state index in [0.717, 1.165) is 16.8 Å². The number of nitrogens with one attached hydrogen (secondary N) is 1. The highest BCUT2D eigenvalue weighted by Crippen LogP contribution is 2.55. The second-order valence-corrected chi connectivity index (χ2v) is 8.95. The van der Waals surface area contributed by atoms with E-state index in [1.54, 1.807) is 17.9 Å². The normalized spacial score (nSPS) is 21.6. The molecule has 1 amide bonds. The molecule has 2 aromatic carbocycles. The molecule has 1 unspecified atom stereocenters. The molecular weight excluding hydrogens is 430 g/mol. The maximum Gasteiger partial charge on any atom is 0.339 e. The lowest BCUT2D eigenvalue weighted by Crippen LogP contribution is -2.53. The Hall–Kier alpha value is -3.87. The van der Waals surface area contributed by atoms with Gasteiger partial charge in [-0.15, -0.1) is 0 Å². The van der Waals surface area contributed by atoms with Crippen molar-refractivity contribution in [3.8, 4) is 0 Å². The number of allylic oxidation sites excluding steroid dienone is 1. The quantitative estimate of drug-likeness (QED) is 0.681. The number of hydrogen-bond acceptors (Lipinski definition) is 6. The second kappa shape index (κ2) is 7.87. The van der Waals surface area contributed by atoms with Crippen molar-refractivity contribution < 1.29 is 19.1 Å². The van der Waals surface area contributed by atoms with Crippen molar-refractivity contribution in [2.75, 3.05) is 16.8 Å². The molecule has 1 aliphatic carbocycles. The van der Waals surface area contributed by atoms with E-state index in [1.165, 1.54) is 0 Å². The lowest BCUT2D eigenvalue weighted by atomic mass is 9.63. The van der Waals surface area contributed by atoms with Crippen LogP contribution in [0.25, 0.3) is 0 Å². The van der Waals surface area contributed by atoms with Crippen LogP contribution in [0.3, 0.4) is 0 Å². The number of ether oxygens (including phenoxy) is 1. The van der Waals surface area contributed by atoms with E-state index in [2.05, 4.69) is 5.32 Å². The van der Waals surface area contributed by atoms with Gasteiger partial charge >= 0.3 is 5.97 Å². The first-order chi connectivity index (χ1) is 16.3. The molecule has 174 valence electrons. The third-order valence-electron chi connectivity index (χ3n) is 6.91. The highest BCUT2D eigenvalue weighted by Gasteiger charge is 2.62. The number of carbonyl (C=O) groups is 3. The molecule has 7 nitrogen and oxygen atoms in total. The minimum Gasteiger partial charge on any atom is -0.462 e. The summed E-state index contributed by atoms with van der Waals surface area (Å²) < 4.78 is 5.44. The van der Waals surface area contributed by atoms with Crippen LogP contribution in [0.5, 0.6) is 0 Å². The van der Waals surface area contributed by atoms with Gasteiger partial charge in [-0.3, -0.25) is 14.5 Å². The Bertz CT molecular complexity index is 1320. The number of anilines is 2. The summed E-state index contributed by atoms with van der Waals surface area (Å²) >= 11 is 0. The SMILES string of the molecule is CCOC(=O)C1=C(N)N(c2ccccc2C)C2=C(C(=O)CCC2)C12C(=O)Nc1ccc(C)cc12. The summed E-state index contributed by atoms with van der Waals surface area (Å²) in [6.45, 7) is 5.67. The second-order valence-electron chi connectivity index (χ2n) is 8.95. The van der Waals surface area contributed by atoms with Crippen LogP contribution in [0, 0.1) is 13.8 Å². The topological polar surface area (TPSA) is 102 Å². The van der Waals surface area contributed by atoms with Crippen LogP contribution in [-0.2, 0) is 24.5 Å². The predicted molar refractivity (Wildman–Crippen MR) is 129 cm³/mol. The number of benzene rings is 2. The van der Waals surface area contributed by atoms with Crippen LogP contribution >= 0.6 is 0 Å². The zero-order chi connectivity index (χ0) is 24.2. The van der Waals surface area contributed by atoms with Crippen LogP contribution in [-0.4, -0.2) is 24.3 Å². The number of para-hydroxylation sites is 1. The molecule has 7 heteroatoms. The molecule has 0 bridgehead atoms. The molecule has 0 aromatic heterocycles. The van der Waals surface area contributed by atoms with E-state index in [0.29, 0.717) is 41.8 Å². The molecule has 1 atom stereocenters. The average molecular weight is 458 g/mol. The van der Waals surface area contributed by atoms with Crippen molar-refractivity contribution in [2.24, 2.45) is 5.73 Å². The van der Waals surface area contributed by atoms with Crippen molar-refractivity contribution >= 4 is 29.0 Å². The number of esters is 1. The lowest BCUT2D eigenvalue weighted by molar-refractivity contribution is -0.140. The summed E-state index contributed by atoms with van der Waals surface area (Å²) in [6, 6.07) is 13.2. The predicted octanol–water partition coefficient (Wildman–Crippen LogP) is 3.75. The zero-order valence-corrected chi connectivity index (χ0v) is 19.5. The number of amides is 1. The fraction of sp³-hybridized carbons (Fsp3) is 0.296. The first kappa shape index (κ1) is 21.9. The van der Waals surface area contributed by atoms with Gasteiger partial charge in [-0.25, -0.2) is 4.79 Å². The van der Waals surface area contributed by atoms with E-state index in [1.807, 2.05) is 50.2 Å². The van der Waals surface area contributed by atoms with Gasteiger partial charge in [0.15, 0.2) is 5.78 Å². The molecule has 2 aromatic rings. The van der Waals surface area contributed by atoms with E-state index in [9.17, 15) is 14.4 Å². The Morgan fingerprint density at radius 2 is 1.91 bits per heavy atom. The van der Waals surface area contributed by atoms with Crippen LogP contribution in [0.1, 0.15) is 42.9 Å². The minimum absolute atomic E-state index is 0.00606. The largest absolute Gasteiger partial charge is 0.462 e.